The molecule has 0 unspecified atom stereocenters. The minimum absolute atomic E-state index is 0.127. The summed E-state index contributed by atoms with van der Waals surface area (Å²) < 4.78 is 10.9. The first-order valence-electron chi connectivity index (χ1n) is 8.77. The van der Waals surface area contributed by atoms with Crippen LogP contribution in [0, 0.1) is 19.8 Å². The smallest absolute Gasteiger partial charge is 0.314 e. The first-order chi connectivity index (χ1) is 12.1. The van der Waals surface area contributed by atoms with Crippen LogP contribution < -0.4 is 15.4 Å². The minimum Gasteiger partial charge on any atom is -0.493 e. The van der Waals surface area contributed by atoms with Crippen molar-refractivity contribution in [3.05, 3.63) is 46.8 Å². The van der Waals surface area contributed by atoms with Crippen molar-refractivity contribution in [2.75, 3.05) is 19.7 Å². The predicted molar refractivity (Wildman–Crippen MR) is 94.8 cm³/mol. The van der Waals surface area contributed by atoms with Crippen molar-refractivity contribution in [1.82, 2.24) is 15.8 Å². The van der Waals surface area contributed by atoms with Gasteiger partial charge >= 0.3 is 6.03 Å². The summed E-state index contributed by atoms with van der Waals surface area (Å²) in [6, 6.07) is 7.94. The SMILES string of the molecule is Cc1noc(C)c1CCCNC(=O)NC[C@@H]1COc2ccccc2C1. The van der Waals surface area contributed by atoms with Crippen LogP contribution in [0.5, 0.6) is 5.75 Å². The van der Waals surface area contributed by atoms with Crippen molar-refractivity contribution in [1.29, 1.82) is 0 Å². The second-order valence-electron chi connectivity index (χ2n) is 6.53. The van der Waals surface area contributed by atoms with Crippen molar-refractivity contribution in [3.63, 3.8) is 0 Å². The lowest BCUT2D eigenvalue weighted by molar-refractivity contribution is 0.211. The van der Waals surface area contributed by atoms with E-state index in [4.69, 9.17) is 9.26 Å². The summed E-state index contributed by atoms with van der Waals surface area (Å²) in [5.41, 5.74) is 3.28. The maximum Gasteiger partial charge on any atom is 0.314 e. The maximum absolute atomic E-state index is 11.9. The van der Waals surface area contributed by atoms with Gasteiger partial charge in [0.1, 0.15) is 11.5 Å². The number of carbonyl (C=O) groups is 1. The molecule has 1 atom stereocenters. The van der Waals surface area contributed by atoms with Gasteiger partial charge in [-0.1, -0.05) is 23.4 Å². The summed E-state index contributed by atoms with van der Waals surface area (Å²) in [6.45, 7) is 5.74. The molecule has 0 radical (unpaired) electrons. The summed E-state index contributed by atoms with van der Waals surface area (Å²) in [6.07, 6.45) is 2.65. The van der Waals surface area contributed by atoms with Crippen LogP contribution in [0.3, 0.4) is 0 Å². The number of nitrogens with one attached hydrogen (secondary N) is 2. The molecule has 134 valence electrons. The van der Waals surface area contributed by atoms with Crippen LogP contribution in [0.15, 0.2) is 28.8 Å². The van der Waals surface area contributed by atoms with Gasteiger partial charge in [0.15, 0.2) is 0 Å². The summed E-state index contributed by atoms with van der Waals surface area (Å²) >= 11 is 0. The highest BCUT2D eigenvalue weighted by molar-refractivity contribution is 5.73. The molecule has 6 nitrogen and oxygen atoms in total. The molecule has 6 heteroatoms. The van der Waals surface area contributed by atoms with E-state index in [1.54, 1.807) is 0 Å². The lowest BCUT2D eigenvalue weighted by Crippen LogP contribution is -2.41. The topological polar surface area (TPSA) is 76.4 Å². The van der Waals surface area contributed by atoms with Crippen LogP contribution in [0.2, 0.25) is 0 Å². The van der Waals surface area contributed by atoms with Gasteiger partial charge in [-0.25, -0.2) is 4.79 Å². The fraction of sp³-hybridized carbons (Fsp3) is 0.474. The third kappa shape index (κ3) is 4.53. The molecule has 2 N–H and O–H groups in total. The highest BCUT2D eigenvalue weighted by atomic mass is 16.5. The summed E-state index contributed by atoms with van der Waals surface area (Å²) in [5, 5.41) is 9.78. The minimum atomic E-state index is -0.127. The zero-order valence-corrected chi connectivity index (χ0v) is 14.8. The van der Waals surface area contributed by atoms with Gasteiger partial charge in [-0.3, -0.25) is 0 Å². The van der Waals surface area contributed by atoms with Crippen LogP contribution in [0.1, 0.15) is 29.0 Å². The van der Waals surface area contributed by atoms with E-state index in [0.29, 0.717) is 25.6 Å². The second-order valence-corrected chi connectivity index (χ2v) is 6.53. The summed E-state index contributed by atoms with van der Waals surface area (Å²) in [7, 11) is 0. The Morgan fingerprint density at radius 3 is 2.92 bits per heavy atom. The van der Waals surface area contributed by atoms with Crippen molar-refractivity contribution >= 4 is 6.03 Å². The monoisotopic (exact) mass is 343 g/mol. The predicted octanol–water partition coefficient (Wildman–Crippen LogP) is 2.77. The van der Waals surface area contributed by atoms with Gasteiger partial charge in [-0.15, -0.1) is 0 Å². The lowest BCUT2D eigenvalue weighted by Gasteiger charge is -2.25. The fourth-order valence-electron chi connectivity index (χ4n) is 3.15. The molecular formula is C19H25N3O3. The molecular weight excluding hydrogens is 318 g/mol. The Kier molecular flexibility index (Phi) is 5.58. The molecule has 2 aromatic rings. The lowest BCUT2D eigenvalue weighted by atomic mass is 9.97. The number of rotatable bonds is 6. The molecule has 0 saturated carbocycles. The highest BCUT2D eigenvalue weighted by Gasteiger charge is 2.19. The molecule has 1 aliphatic rings. The number of ether oxygens (including phenoxy) is 1. The van der Waals surface area contributed by atoms with Crippen molar-refractivity contribution in [3.8, 4) is 5.75 Å². The number of hydrogen-bond acceptors (Lipinski definition) is 4. The molecule has 0 aliphatic carbocycles. The Balaban J connectivity index is 1.34. The van der Waals surface area contributed by atoms with E-state index in [1.165, 1.54) is 5.56 Å². The second kappa shape index (κ2) is 8.05. The molecule has 3 rings (SSSR count). The number of benzene rings is 1. The largest absolute Gasteiger partial charge is 0.493 e. The van der Waals surface area contributed by atoms with E-state index >= 15 is 0 Å². The normalized spacial score (nSPS) is 16.0. The Labute approximate surface area is 147 Å². The van der Waals surface area contributed by atoms with Crippen molar-refractivity contribution < 1.29 is 14.1 Å². The highest BCUT2D eigenvalue weighted by Crippen LogP contribution is 2.26. The van der Waals surface area contributed by atoms with Gasteiger partial charge in [0.05, 0.1) is 12.3 Å². The third-order valence-corrected chi connectivity index (χ3v) is 4.58. The van der Waals surface area contributed by atoms with Gasteiger partial charge in [-0.2, -0.15) is 0 Å². The number of carbonyl (C=O) groups excluding carboxylic acids is 1. The quantitative estimate of drug-likeness (QED) is 0.791. The zero-order valence-electron chi connectivity index (χ0n) is 14.8. The molecule has 25 heavy (non-hydrogen) atoms. The van der Waals surface area contributed by atoms with Gasteiger partial charge < -0.3 is 19.9 Å². The van der Waals surface area contributed by atoms with Gasteiger partial charge in [0.25, 0.3) is 0 Å². The van der Waals surface area contributed by atoms with E-state index in [2.05, 4.69) is 21.9 Å². The van der Waals surface area contributed by atoms with E-state index in [9.17, 15) is 4.79 Å². The van der Waals surface area contributed by atoms with Crippen LogP contribution in [-0.2, 0) is 12.8 Å². The average molecular weight is 343 g/mol. The number of aryl methyl sites for hydroxylation is 2. The van der Waals surface area contributed by atoms with Gasteiger partial charge in [0, 0.05) is 24.6 Å². The van der Waals surface area contributed by atoms with Crippen LogP contribution >= 0.6 is 0 Å². The molecule has 2 amide bonds. The first kappa shape index (κ1) is 17.3. The van der Waals surface area contributed by atoms with E-state index < -0.39 is 0 Å². The van der Waals surface area contributed by atoms with Gasteiger partial charge in [0.2, 0.25) is 0 Å². The fourth-order valence-corrected chi connectivity index (χ4v) is 3.15. The number of fused-ring (bicyclic) bond motifs is 1. The van der Waals surface area contributed by atoms with E-state index in [-0.39, 0.29) is 6.03 Å². The third-order valence-electron chi connectivity index (χ3n) is 4.58. The Morgan fingerprint density at radius 1 is 1.28 bits per heavy atom. The van der Waals surface area contributed by atoms with Crippen LogP contribution in [0.4, 0.5) is 4.79 Å². The molecule has 0 fully saturated rings. The molecule has 0 bridgehead atoms. The number of urea groups is 1. The molecule has 2 heterocycles. The molecule has 0 spiro atoms. The van der Waals surface area contributed by atoms with Crippen LogP contribution in [-0.4, -0.2) is 30.9 Å². The Bertz CT molecular complexity index is 707. The number of aromatic nitrogens is 1. The van der Waals surface area contributed by atoms with Crippen molar-refractivity contribution in [2.45, 2.75) is 33.1 Å². The first-order valence-corrected chi connectivity index (χ1v) is 8.77. The number of para-hydroxylation sites is 1. The zero-order chi connectivity index (χ0) is 17.6. The number of nitrogens with zero attached hydrogens (tertiary/aromatic N) is 1. The van der Waals surface area contributed by atoms with Crippen molar-refractivity contribution in [2.24, 2.45) is 5.92 Å². The summed E-state index contributed by atoms with van der Waals surface area (Å²) in [4.78, 5) is 11.9. The number of hydrogen-bond donors (Lipinski definition) is 2. The molecule has 1 aliphatic heterocycles. The molecule has 1 aromatic carbocycles. The van der Waals surface area contributed by atoms with E-state index in [0.717, 1.165) is 42.0 Å². The van der Waals surface area contributed by atoms with Gasteiger partial charge in [-0.05, 0) is 44.7 Å². The standard InChI is InChI=1S/C19H25N3O3/c1-13-17(14(2)25-22-13)7-5-9-20-19(23)21-11-15-10-16-6-3-4-8-18(16)24-12-15/h3-4,6,8,15H,5,7,9-12H2,1-2H3,(H2,20,21,23)/t15-/m1/s1. The maximum atomic E-state index is 11.9. The average Bonchev–Trinajstić information content (AvgIpc) is 2.95. The molecule has 0 saturated heterocycles. The van der Waals surface area contributed by atoms with Crippen LogP contribution in [0.25, 0.3) is 0 Å². The molecule has 1 aromatic heterocycles. The van der Waals surface area contributed by atoms with E-state index in [1.807, 2.05) is 32.0 Å². The Hall–Kier alpha value is -2.50. The number of amides is 2. The Morgan fingerprint density at radius 2 is 2.12 bits per heavy atom. The summed E-state index contributed by atoms with van der Waals surface area (Å²) in [5.74, 6) is 2.13.